The fourth-order valence-electron chi connectivity index (χ4n) is 2.35. The molecule has 1 unspecified atom stereocenters. The van der Waals surface area contributed by atoms with E-state index >= 15 is 0 Å². The molecule has 1 atom stereocenters. The predicted molar refractivity (Wildman–Crippen MR) is 62.0 cm³/mol. The van der Waals surface area contributed by atoms with Gasteiger partial charge >= 0.3 is 0 Å². The van der Waals surface area contributed by atoms with Crippen LogP contribution in [0.2, 0.25) is 0 Å². The molecule has 1 nitrogen and oxygen atoms in total. The normalized spacial score (nSPS) is 24.1. The Bertz CT molecular complexity index is 348. The van der Waals surface area contributed by atoms with E-state index in [2.05, 4.69) is 0 Å². The topological polar surface area (TPSA) is 3.24 Å². The van der Waals surface area contributed by atoms with Crippen molar-refractivity contribution in [2.24, 2.45) is 5.92 Å². The van der Waals surface area contributed by atoms with Crippen LogP contribution >= 0.6 is 0 Å². The zero-order valence-corrected chi connectivity index (χ0v) is 9.66. The van der Waals surface area contributed by atoms with Gasteiger partial charge in [-0.1, -0.05) is 32.0 Å². The third-order valence-corrected chi connectivity index (χ3v) is 3.17. The number of para-hydroxylation sites is 1. The first kappa shape index (κ1) is 11.4. The first-order valence-electron chi connectivity index (χ1n) is 5.69. The number of hydrogen-bond donors (Lipinski definition) is 0. The van der Waals surface area contributed by atoms with Crippen molar-refractivity contribution in [2.45, 2.75) is 32.2 Å². The molecule has 3 heteroatoms. The standard InChI is InChI=1S/C13H17F2N/c1-10(2)12-8-13(14,15)9-16(12)11-6-4-3-5-7-11/h3-7,10,12H,8-9H2,1-2H3. The van der Waals surface area contributed by atoms with E-state index in [0.29, 0.717) is 0 Å². The van der Waals surface area contributed by atoms with Gasteiger partial charge in [-0.05, 0) is 18.1 Å². The number of halogens is 2. The molecule has 0 aromatic heterocycles. The molecule has 16 heavy (non-hydrogen) atoms. The van der Waals surface area contributed by atoms with Crippen molar-refractivity contribution in [3.05, 3.63) is 30.3 Å². The monoisotopic (exact) mass is 225 g/mol. The highest BCUT2D eigenvalue weighted by molar-refractivity contribution is 5.49. The van der Waals surface area contributed by atoms with Gasteiger partial charge in [-0.2, -0.15) is 0 Å². The Morgan fingerprint density at radius 1 is 1.25 bits per heavy atom. The zero-order valence-electron chi connectivity index (χ0n) is 9.66. The molecular weight excluding hydrogens is 208 g/mol. The van der Waals surface area contributed by atoms with E-state index in [4.69, 9.17) is 0 Å². The maximum absolute atomic E-state index is 13.4. The first-order chi connectivity index (χ1) is 7.49. The molecule has 1 aliphatic heterocycles. The first-order valence-corrected chi connectivity index (χ1v) is 5.69. The van der Waals surface area contributed by atoms with Crippen molar-refractivity contribution in [3.8, 4) is 0 Å². The van der Waals surface area contributed by atoms with Crippen molar-refractivity contribution in [3.63, 3.8) is 0 Å². The second-order valence-corrected chi connectivity index (χ2v) is 4.83. The Morgan fingerprint density at radius 2 is 1.88 bits per heavy atom. The van der Waals surface area contributed by atoms with E-state index in [0.717, 1.165) is 5.69 Å². The number of anilines is 1. The highest BCUT2D eigenvalue weighted by Gasteiger charge is 2.45. The lowest BCUT2D eigenvalue weighted by atomic mass is 10.0. The van der Waals surface area contributed by atoms with E-state index < -0.39 is 5.92 Å². The average Bonchev–Trinajstić information content (AvgIpc) is 2.56. The van der Waals surface area contributed by atoms with Crippen LogP contribution in [0.3, 0.4) is 0 Å². The van der Waals surface area contributed by atoms with Gasteiger partial charge in [0.15, 0.2) is 0 Å². The highest BCUT2D eigenvalue weighted by atomic mass is 19.3. The molecule has 2 rings (SSSR count). The molecule has 0 bridgehead atoms. The molecule has 1 fully saturated rings. The Labute approximate surface area is 95.1 Å². The molecule has 1 saturated heterocycles. The third-order valence-electron chi connectivity index (χ3n) is 3.17. The molecule has 0 saturated carbocycles. The van der Waals surface area contributed by atoms with Crippen molar-refractivity contribution in [1.29, 1.82) is 0 Å². The van der Waals surface area contributed by atoms with Crippen LogP contribution in [-0.4, -0.2) is 18.5 Å². The van der Waals surface area contributed by atoms with Gasteiger partial charge in [-0.25, -0.2) is 8.78 Å². The number of rotatable bonds is 2. The summed E-state index contributed by atoms with van der Waals surface area (Å²) in [6, 6.07) is 9.43. The van der Waals surface area contributed by atoms with E-state index in [1.807, 2.05) is 49.1 Å². The maximum Gasteiger partial charge on any atom is 0.267 e. The number of nitrogens with zero attached hydrogens (tertiary/aromatic N) is 1. The van der Waals surface area contributed by atoms with Crippen LogP contribution in [0.4, 0.5) is 14.5 Å². The van der Waals surface area contributed by atoms with Crippen molar-refractivity contribution in [2.75, 3.05) is 11.4 Å². The highest BCUT2D eigenvalue weighted by Crippen LogP contribution is 2.38. The minimum absolute atomic E-state index is 0.0282. The van der Waals surface area contributed by atoms with Crippen molar-refractivity contribution < 1.29 is 8.78 Å². The summed E-state index contributed by atoms with van der Waals surface area (Å²) < 4.78 is 26.9. The Hall–Kier alpha value is -1.12. The summed E-state index contributed by atoms with van der Waals surface area (Å²) in [5.41, 5.74) is 0.901. The predicted octanol–water partition coefficient (Wildman–Crippen LogP) is 3.56. The van der Waals surface area contributed by atoms with Gasteiger partial charge < -0.3 is 4.90 Å². The van der Waals surface area contributed by atoms with Crippen LogP contribution < -0.4 is 4.90 Å². The fourth-order valence-corrected chi connectivity index (χ4v) is 2.35. The number of benzene rings is 1. The van der Waals surface area contributed by atoms with Gasteiger partial charge in [0.25, 0.3) is 5.92 Å². The van der Waals surface area contributed by atoms with Crippen LogP contribution in [0.15, 0.2) is 30.3 Å². The SMILES string of the molecule is CC(C)C1CC(F)(F)CN1c1ccccc1. The molecular formula is C13H17F2N. The summed E-state index contributed by atoms with van der Waals surface area (Å²) >= 11 is 0. The quantitative estimate of drug-likeness (QED) is 0.744. The molecule has 1 aliphatic rings. The minimum atomic E-state index is -2.55. The Kier molecular flexibility index (Phi) is 2.87. The molecule has 0 aliphatic carbocycles. The summed E-state index contributed by atoms with van der Waals surface area (Å²) in [7, 11) is 0. The van der Waals surface area contributed by atoms with Gasteiger partial charge in [0, 0.05) is 18.2 Å². The second-order valence-electron chi connectivity index (χ2n) is 4.83. The minimum Gasteiger partial charge on any atom is -0.362 e. The lowest BCUT2D eigenvalue weighted by Crippen LogP contribution is -2.33. The number of alkyl halides is 2. The second kappa shape index (κ2) is 4.04. The van der Waals surface area contributed by atoms with Gasteiger partial charge in [0.1, 0.15) is 0 Å². The fraction of sp³-hybridized carbons (Fsp3) is 0.538. The molecule has 1 aromatic rings. The van der Waals surface area contributed by atoms with E-state index in [1.165, 1.54) is 0 Å². The van der Waals surface area contributed by atoms with Crippen LogP contribution in [0.25, 0.3) is 0 Å². The summed E-state index contributed by atoms with van der Waals surface area (Å²) in [6.07, 6.45) is -0.0282. The molecule has 0 spiro atoms. The molecule has 1 heterocycles. The lowest BCUT2D eigenvalue weighted by molar-refractivity contribution is 0.0208. The molecule has 1 aromatic carbocycles. The average molecular weight is 225 g/mol. The van der Waals surface area contributed by atoms with Crippen LogP contribution in [0.5, 0.6) is 0 Å². The van der Waals surface area contributed by atoms with Gasteiger partial charge in [0.05, 0.1) is 6.54 Å². The summed E-state index contributed by atoms with van der Waals surface area (Å²) in [5.74, 6) is -2.31. The van der Waals surface area contributed by atoms with Gasteiger partial charge in [0.2, 0.25) is 0 Å². The largest absolute Gasteiger partial charge is 0.362 e. The maximum atomic E-state index is 13.4. The molecule has 88 valence electrons. The smallest absolute Gasteiger partial charge is 0.267 e. The molecule has 0 amide bonds. The van der Waals surface area contributed by atoms with E-state index in [9.17, 15) is 8.78 Å². The molecule has 0 N–H and O–H groups in total. The Morgan fingerprint density at radius 3 is 2.44 bits per heavy atom. The summed E-state index contributed by atoms with van der Waals surface area (Å²) in [5, 5.41) is 0. The van der Waals surface area contributed by atoms with Gasteiger partial charge in [-0.3, -0.25) is 0 Å². The lowest BCUT2D eigenvalue weighted by Gasteiger charge is -2.28. The van der Waals surface area contributed by atoms with E-state index in [-0.39, 0.29) is 24.9 Å². The van der Waals surface area contributed by atoms with Gasteiger partial charge in [-0.15, -0.1) is 0 Å². The number of hydrogen-bond acceptors (Lipinski definition) is 1. The molecule has 0 radical (unpaired) electrons. The van der Waals surface area contributed by atoms with Crippen molar-refractivity contribution >= 4 is 5.69 Å². The Balaban J connectivity index is 2.26. The zero-order chi connectivity index (χ0) is 11.8. The van der Waals surface area contributed by atoms with Crippen LogP contribution in [0, 0.1) is 5.92 Å². The summed E-state index contributed by atoms with van der Waals surface area (Å²) in [6.45, 7) is 3.85. The van der Waals surface area contributed by atoms with Crippen LogP contribution in [0.1, 0.15) is 20.3 Å². The van der Waals surface area contributed by atoms with Crippen LogP contribution in [-0.2, 0) is 0 Å². The third kappa shape index (κ3) is 2.18. The van der Waals surface area contributed by atoms with E-state index in [1.54, 1.807) is 0 Å². The summed E-state index contributed by atoms with van der Waals surface area (Å²) in [4.78, 5) is 1.84. The van der Waals surface area contributed by atoms with Crippen molar-refractivity contribution in [1.82, 2.24) is 0 Å².